The molecule has 0 aromatic heterocycles. The molecule has 0 radical (unpaired) electrons. The van der Waals surface area contributed by atoms with Gasteiger partial charge >= 0.3 is 0 Å². The van der Waals surface area contributed by atoms with Crippen LogP contribution in [-0.4, -0.2) is 6.61 Å². The Balaban J connectivity index is 1.78. The van der Waals surface area contributed by atoms with E-state index in [0.717, 1.165) is 30.0 Å². The number of ether oxygens (including phenoxy) is 1. The lowest BCUT2D eigenvalue weighted by atomic mass is 10.1. The topological polar surface area (TPSA) is 21.3 Å². The second kappa shape index (κ2) is 5.44. The van der Waals surface area contributed by atoms with Crippen LogP contribution in [-0.2, 0) is 6.42 Å². The zero-order valence-electron chi connectivity index (χ0n) is 11.1. The van der Waals surface area contributed by atoms with Gasteiger partial charge in [-0.05, 0) is 64.3 Å². The van der Waals surface area contributed by atoms with Gasteiger partial charge in [0, 0.05) is 18.2 Å². The van der Waals surface area contributed by atoms with Gasteiger partial charge in [-0.25, -0.2) is 4.39 Å². The van der Waals surface area contributed by atoms with Gasteiger partial charge in [-0.2, -0.15) is 0 Å². The number of anilines is 1. The fraction of sp³-hybridized carbons (Fsp3) is 0.250. The zero-order chi connectivity index (χ0) is 14.1. The molecule has 1 unspecified atom stereocenters. The van der Waals surface area contributed by atoms with Gasteiger partial charge in [0.05, 0.1) is 11.1 Å². The highest BCUT2D eigenvalue weighted by atomic mass is 79.9. The van der Waals surface area contributed by atoms with Gasteiger partial charge in [-0.1, -0.05) is 6.07 Å². The van der Waals surface area contributed by atoms with Crippen LogP contribution >= 0.6 is 15.9 Å². The molecule has 0 spiro atoms. The number of hydrogen-bond acceptors (Lipinski definition) is 2. The van der Waals surface area contributed by atoms with E-state index >= 15 is 0 Å². The molecule has 20 heavy (non-hydrogen) atoms. The molecule has 1 heterocycles. The quantitative estimate of drug-likeness (QED) is 0.877. The van der Waals surface area contributed by atoms with Gasteiger partial charge in [-0.15, -0.1) is 0 Å². The van der Waals surface area contributed by atoms with Crippen LogP contribution in [0, 0.1) is 5.82 Å². The van der Waals surface area contributed by atoms with Crippen molar-refractivity contribution < 1.29 is 9.13 Å². The van der Waals surface area contributed by atoms with Crippen LogP contribution in [0.15, 0.2) is 40.9 Å². The highest BCUT2D eigenvalue weighted by molar-refractivity contribution is 9.10. The van der Waals surface area contributed by atoms with Crippen LogP contribution in [0.4, 0.5) is 10.1 Å². The maximum Gasteiger partial charge on any atom is 0.137 e. The molecule has 2 aromatic rings. The molecule has 1 atom stereocenters. The van der Waals surface area contributed by atoms with Crippen molar-refractivity contribution in [3.05, 3.63) is 57.8 Å². The second-order valence-electron chi connectivity index (χ2n) is 4.96. The second-order valence-corrected chi connectivity index (χ2v) is 5.81. The third kappa shape index (κ3) is 2.66. The van der Waals surface area contributed by atoms with Gasteiger partial charge in [0.25, 0.3) is 0 Å². The number of halogens is 2. The molecule has 104 valence electrons. The highest BCUT2D eigenvalue weighted by Crippen LogP contribution is 2.30. The van der Waals surface area contributed by atoms with E-state index < -0.39 is 0 Å². The molecule has 0 fully saturated rings. The average molecular weight is 336 g/mol. The summed E-state index contributed by atoms with van der Waals surface area (Å²) in [5.74, 6) is 0.739. The van der Waals surface area contributed by atoms with E-state index in [4.69, 9.17) is 4.74 Å². The molecule has 0 aliphatic carbocycles. The smallest absolute Gasteiger partial charge is 0.137 e. The molecule has 4 heteroatoms. The third-order valence-electron chi connectivity index (χ3n) is 3.52. The summed E-state index contributed by atoms with van der Waals surface area (Å²) in [7, 11) is 0. The van der Waals surface area contributed by atoms with E-state index in [1.54, 1.807) is 6.07 Å². The first kappa shape index (κ1) is 13.4. The highest BCUT2D eigenvalue weighted by Gasteiger charge is 2.13. The Morgan fingerprint density at radius 2 is 2.10 bits per heavy atom. The van der Waals surface area contributed by atoms with Crippen molar-refractivity contribution in [1.29, 1.82) is 0 Å². The molecule has 0 saturated heterocycles. The Kier molecular flexibility index (Phi) is 3.66. The Bertz CT molecular complexity index is 644. The van der Waals surface area contributed by atoms with E-state index in [1.807, 2.05) is 18.2 Å². The van der Waals surface area contributed by atoms with E-state index in [-0.39, 0.29) is 11.9 Å². The molecule has 3 rings (SSSR count). The fourth-order valence-corrected chi connectivity index (χ4v) is 2.79. The molecule has 2 nitrogen and oxygen atoms in total. The van der Waals surface area contributed by atoms with E-state index in [0.29, 0.717) is 4.47 Å². The molecule has 2 aromatic carbocycles. The minimum Gasteiger partial charge on any atom is -0.493 e. The van der Waals surface area contributed by atoms with Crippen molar-refractivity contribution >= 4 is 21.6 Å². The van der Waals surface area contributed by atoms with Gasteiger partial charge in [-0.3, -0.25) is 0 Å². The monoisotopic (exact) mass is 335 g/mol. The molecular weight excluding hydrogens is 321 g/mol. The minimum absolute atomic E-state index is 0.104. The summed E-state index contributed by atoms with van der Waals surface area (Å²) in [6.07, 6.45) is 0.960. The lowest BCUT2D eigenvalue weighted by molar-refractivity contribution is 0.357. The molecule has 1 N–H and O–H groups in total. The van der Waals surface area contributed by atoms with Crippen LogP contribution < -0.4 is 10.1 Å². The number of benzene rings is 2. The predicted octanol–water partition coefficient (Wildman–Crippen LogP) is 4.70. The zero-order valence-corrected chi connectivity index (χ0v) is 12.7. The first-order valence-electron chi connectivity index (χ1n) is 6.61. The molecule has 1 aliphatic rings. The number of hydrogen-bond donors (Lipinski definition) is 1. The number of rotatable bonds is 3. The van der Waals surface area contributed by atoms with E-state index in [1.165, 1.54) is 11.6 Å². The minimum atomic E-state index is -0.240. The first-order chi connectivity index (χ1) is 9.63. The van der Waals surface area contributed by atoms with Gasteiger partial charge in [0.15, 0.2) is 0 Å². The summed E-state index contributed by atoms with van der Waals surface area (Å²) < 4.78 is 19.2. The van der Waals surface area contributed by atoms with Gasteiger partial charge in [0.1, 0.15) is 11.6 Å². The summed E-state index contributed by atoms with van der Waals surface area (Å²) in [5.41, 5.74) is 3.33. The van der Waals surface area contributed by atoms with Crippen molar-refractivity contribution in [1.82, 2.24) is 0 Å². The standard InChI is InChI=1S/C16H15BrFNO/c1-10(11-2-4-15(18)14(17)9-11)19-13-3-5-16-12(8-13)6-7-20-16/h2-5,8-10,19H,6-7H2,1H3. The lowest BCUT2D eigenvalue weighted by Crippen LogP contribution is -2.07. The van der Waals surface area contributed by atoms with Crippen LogP contribution in [0.2, 0.25) is 0 Å². The number of fused-ring (bicyclic) bond motifs is 1. The molecule has 0 saturated carbocycles. The van der Waals surface area contributed by atoms with Crippen molar-refractivity contribution in [2.24, 2.45) is 0 Å². The van der Waals surface area contributed by atoms with Gasteiger partial charge in [0.2, 0.25) is 0 Å². The van der Waals surface area contributed by atoms with Crippen molar-refractivity contribution in [2.45, 2.75) is 19.4 Å². The maximum atomic E-state index is 13.3. The lowest BCUT2D eigenvalue weighted by Gasteiger charge is -2.17. The largest absolute Gasteiger partial charge is 0.493 e. The van der Waals surface area contributed by atoms with E-state index in [9.17, 15) is 4.39 Å². The number of nitrogens with one attached hydrogen (secondary N) is 1. The Morgan fingerprint density at radius 3 is 2.90 bits per heavy atom. The van der Waals surface area contributed by atoms with Crippen LogP contribution in [0.25, 0.3) is 0 Å². The van der Waals surface area contributed by atoms with Crippen LogP contribution in [0.3, 0.4) is 0 Å². The summed E-state index contributed by atoms with van der Waals surface area (Å²) >= 11 is 3.22. The van der Waals surface area contributed by atoms with Crippen molar-refractivity contribution in [3.63, 3.8) is 0 Å². The Hall–Kier alpha value is -1.55. The van der Waals surface area contributed by atoms with Crippen molar-refractivity contribution in [2.75, 3.05) is 11.9 Å². The van der Waals surface area contributed by atoms with Crippen molar-refractivity contribution in [3.8, 4) is 5.75 Å². The summed E-state index contributed by atoms with van der Waals surface area (Å²) in [4.78, 5) is 0. The molecule has 1 aliphatic heterocycles. The van der Waals surface area contributed by atoms with Crippen LogP contribution in [0.5, 0.6) is 5.75 Å². The average Bonchev–Trinajstić information content (AvgIpc) is 2.89. The molecule has 0 amide bonds. The maximum absolute atomic E-state index is 13.3. The first-order valence-corrected chi connectivity index (χ1v) is 7.40. The summed E-state index contributed by atoms with van der Waals surface area (Å²) in [6, 6.07) is 11.3. The Morgan fingerprint density at radius 1 is 1.25 bits per heavy atom. The van der Waals surface area contributed by atoms with E-state index in [2.05, 4.69) is 34.2 Å². The fourth-order valence-electron chi connectivity index (χ4n) is 2.39. The van der Waals surface area contributed by atoms with Crippen LogP contribution in [0.1, 0.15) is 24.1 Å². The molecular formula is C16H15BrFNO. The molecule has 0 bridgehead atoms. The normalized spacial score (nSPS) is 14.6. The summed E-state index contributed by atoms with van der Waals surface area (Å²) in [6.45, 7) is 2.82. The van der Waals surface area contributed by atoms with Gasteiger partial charge < -0.3 is 10.1 Å². The third-order valence-corrected chi connectivity index (χ3v) is 4.12. The summed E-state index contributed by atoms with van der Waals surface area (Å²) in [5, 5.41) is 3.44. The Labute approximate surface area is 126 Å². The SMILES string of the molecule is CC(Nc1ccc2c(c1)CCO2)c1ccc(F)c(Br)c1. The predicted molar refractivity (Wildman–Crippen MR) is 81.8 cm³/mol.